The minimum atomic E-state index is -0.579. The van der Waals surface area contributed by atoms with Crippen molar-refractivity contribution in [1.82, 2.24) is 0 Å². The lowest BCUT2D eigenvalue weighted by molar-refractivity contribution is 0.259. The molecule has 0 aliphatic heterocycles. The molecular weight excluding hydrogens is 200 g/mol. The number of halogens is 1. The predicted octanol–water partition coefficient (Wildman–Crippen LogP) is 1.77. The van der Waals surface area contributed by atoms with Gasteiger partial charge in [0.05, 0.1) is 5.88 Å². The van der Waals surface area contributed by atoms with Crippen molar-refractivity contribution in [1.29, 1.82) is 0 Å². The zero-order valence-corrected chi connectivity index (χ0v) is 8.14. The van der Waals surface area contributed by atoms with Crippen molar-refractivity contribution in [3.63, 3.8) is 0 Å². The molecule has 14 heavy (non-hydrogen) atoms. The maximum Gasteiger partial charge on any atom is 0.316 e. The summed E-state index contributed by atoms with van der Waals surface area (Å²) in [6, 6.07) is 6.44. The number of benzene rings is 1. The van der Waals surface area contributed by atoms with Gasteiger partial charge in [-0.25, -0.2) is 4.79 Å². The van der Waals surface area contributed by atoms with E-state index in [4.69, 9.17) is 17.3 Å². The summed E-state index contributed by atoms with van der Waals surface area (Å²) < 4.78 is 0. The van der Waals surface area contributed by atoms with Gasteiger partial charge < -0.3 is 11.1 Å². The molecule has 4 heteroatoms. The Labute approximate surface area is 87.2 Å². The van der Waals surface area contributed by atoms with Gasteiger partial charge in [0.1, 0.15) is 0 Å². The van der Waals surface area contributed by atoms with E-state index in [2.05, 4.69) is 17.2 Å². The van der Waals surface area contributed by atoms with E-state index in [-0.39, 0.29) is 0 Å². The van der Waals surface area contributed by atoms with E-state index in [1.165, 1.54) is 0 Å². The van der Waals surface area contributed by atoms with Crippen LogP contribution in [0.15, 0.2) is 24.3 Å². The van der Waals surface area contributed by atoms with E-state index in [1.54, 1.807) is 24.3 Å². The number of alkyl halides is 1. The molecule has 0 aromatic heterocycles. The number of rotatable bonds is 1. The third-order valence-corrected chi connectivity index (χ3v) is 1.59. The molecule has 0 unspecified atom stereocenters. The molecule has 1 aromatic rings. The molecule has 1 rings (SSSR count). The lowest BCUT2D eigenvalue weighted by Gasteiger charge is -2.00. The second-order valence-electron chi connectivity index (χ2n) is 2.50. The molecule has 3 nitrogen and oxygen atoms in total. The van der Waals surface area contributed by atoms with Crippen LogP contribution in [-0.2, 0) is 0 Å². The molecule has 0 aliphatic carbocycles. The van der Waals surface area contributed by atoms with Crippen LogP contribution in [0.5, 0.6) is 0 Å². The number of hydrogen-bond donors (Lipinski definition) is 2. The second kappa shape index (κ2) is 5.15. The number of amides is 2. The van der Waals surface area contributed by atoms with Crippen LogP contribution in [0.4, 0.5) is 10.5 Å². The lowest BCUT2D eigenvalue weighted by atomic mass is 10.2. The van der Waals surface area contributed by atoms with Crippen LogP contribution in [0, 0.1) is 11.8 Å². The second-order valence-corrected chi connectivity index (χ2v) is 2.77. The average Bonchev–Trinajstić information content (AvgIpc) is 2.16. The standard InChI is InChI=1S/C10H9ClN2O/c11-7-1-2-8-3-5-9(6-4-8)13-10(12)14/h3-6H,7H2,(H3,12,13,14). The Morgan fingerprint density at radius 1 is 1.43 bits per heavy atom. The summed E-state index contributed by atoms with van der Waals surface area (Å²) in [6.07, 6.45) is 0. The molecular formula is C10H9ClN2O. The van der Waals surface area contributed by atoms with Crippen LogP contribution in [0.1, 0.15) is 5.56 Å². The first-order valence-corrected chi connectivity index (χ1v) is 4.47. The number of anilines is 1. The maximum atomic E-state index is 10.5. The average molecular weight is 209 g/mol. The van der Waals surface area contributed by atoms with Gasteiger partial charge in [0, 0.05) is 11.3 Å². The number of urea groups is 1. The highest BCUT2D eigenvalue weighted by atomic mass is 35.5. The van der Waals surface area contributed by atoms with Gasteiger partial charge in [-0.15, -0.1) is 11.6 Å². The van der Waals surface area contributed by atoms with E-state index in [0.29, 0.717) is 11.6 Å². The highest BCUT2D eigenvalue weighted by Crippen LogP contribution is 2.07. The van der Waals surface area contributed by atoms with Crippen molar-refractivity contribution >= 4 is 23.3 Å². The van der Waals surface area contributed by atoms with Gasteiger partial charge in [-0.1, -0.05) is 11.8 Å². The Kier molecular flexibility index (Phi) is 3.84. The fourth-order valence-corrected chi connectivity index (χ4v) is 0.981. The highest BCUT2D eigenvalue weighted by Gasteiger charge is 1.94. The van der Waals surface area contributed by atoms with Gasteiger partial charge in [-0.3, -0.25) is 0 Å². The van der Waals surface area contributed by atoms with E-state index in [0.717, 1.165) is 5.56 Å². The molecule has 0 atom stereocenters. The summed E-state index contributed by atoms with van der Waals surface area (Å²) in [5, 5.41) is 2.45. The molecule has 0 bridgehead atoms. The quantitative estimate of drug-likeness (QED) is 0.536. The molecule has 0 saturated carbocycles. The first-order valence-electron chi connectivity index (χ1n) is 3.93. The molecule has 2 amide bonds. The van der Waals surface area contributed by atoms with E-state index < -0.39 is 6.03 Å². The molecule has 0 saturated heterocycles. The zero-order valence-electron chi connectivity index (χ0n) is 7.38. The number of hydrogen-bond acceptors (Lipinski definition) is 1. The van der Waals surface area contributed by atoms with Crippen LogP contribution < -0.4 is 11.1 Å². The summed E-state index contributed by atoms with van der Waals surface area (Å²) in [6.45, 7) is 0. The Hall–Kier alpha value is -1.66. The minimum Gasteiger partial charge on any atom is -0.351 e. The molecule has 3 N–H and O–H groups in total. The zero-order chi connectivity index (χ0) is 10.4. The van der Waals surface area contributed by atoms with Gasteiger partial charge in [-0.05, 0) is 24.3 Å². The summed E-state index contributed by atoms with van der Waals surface area (Å²) >= 11 is 5.40. The summed E-state index contributed by atoms with van der Waals surface area (Å²) in [5.74, 6) is 5.88. The van der Waals surface area contributed by atoms with Crippen LogP contribution in [-0.4, -0.2) is 11.9 Å². The summed E-state index contributed by atoms with van der Waals surface area (Å²) in [7, 11) is 0. The Morgan fingerprint density at radius 2 is 2.07 bits per heavy atom. The van der Waals surface area contributed by atoms with Gasteiger partial charge in [-0.2, -0.15) is 0 Å². The minimum absolute atomic E-state index is 0.307. The number of nitrogens with two attached hydrogens (primary N) is 1. The van der Waals surface area contributed by atoms with Crippen molar-refractivity contribution in [3.8, 4) is 11.8 Å². The first-order chi connectivity index (χ1) is 6.72. The van der Waals surface area contributed by atoms with Crippen molar-refractivity contribution in [3.05, 3.63) is 29.8 Å². The van der Waals surface area contributed by atoms with Crippen LogP contribution in [0.3, 0.4) is 0 Å². The Bertz CT molecular complexity index is 375. The monoisotopic (exact) mass is 208 g/mol. The van der Waals surface area contributed by atoms with E-state index in [9.17, 15) is 4.79 Å². The van der Waals surface area contributed by atoms with Crippen LogP contribution >= 0.6 is 11.6 Å². The topological polar surface area (TPSA) is 55.1 Å². The molecule has 0 heterocycles. The van der Waals surface area contributed by atoms with Gasteiger partial charge in [0.15, 0.2) is 0 Å². The fraction of sp³-hybridized carbons (Fsp3) is 0.100. The van der Waals surface area contributed by atoms with Crippen LogP contribution in [0.25, 0.3) is 0 Å². The largest absolute Gasteiger partial charge is 0.351 e. The molecule has 72 valence electrons. The lowest BCUT2D eigenvalue weighted by Crippen LogP contribution is -2.19. The molecule has 0 fully saturated rings. The fourth-order valence-electron chi connectivity index (χ4n) is 0.915. The van der Waals surface area contributed by atoms with Crippen molar-refractivity contribution < 1.29 is 4.79 Å². The molecule has 0 spiro atoms. The number of carbonyl (C=O) groups is 1. The van der Waals surface area contributed by atoms with Crippen molar-refractivity contribution in [2.24, 2.45) is 5.73 Å². The predicted molar refractivity (Wildman–Crippen MR) is 57.2 cm³/mol. The van der Waals surface area contributed by atoms with Crippen molar-refractivity contribution in [2.45, 2.75) is 0 Å². The number of carbonyl (C=O) groups excluding carboxylic acids is 1. The molecule has 1 aromatic carbocycles. The van der Waals surface area contributed by atoms with E-state index >= 15 is 0 Å². The SMILES string of the molecule is NC(=O)Nc1ccc(C#CCCl)cc1. The number of primary amides is 1. The highest BCUT2D eigenvalue weighted by molar-refractivity contribution is 6.19. The third kappa shape index (κ3) is 3.38. The van der Waals surface area contributed by atoms with Gasteiger partial charge >= 0.3 is 6.03 Å². The third-order valence-electron chi connectivity index (χ3n) is 1.45. The Balaban J connectivity index is 2.73. The van der Waals surface area contributed by atoms with E-state index in [1.807, 2.05) is 0 Å². The number of nitrogens with one attached hydrogen (secondary N) is 1. The van der Waals surface area contributed by atoms with Gasteiger partial charge in [0.2, 0.25) is 0 Å². The summed E-state index contributed by atoms with van der Waals surface area (Å²) in [4.78, 5) is 10.5. The van der Waals surface area contributed by atoms with Gasteiger partial charge in [0.25, 0.3) is 0 Å². The molecule has 0 aliphatic rings. The van der Waals surface area contributed by atoms with Crippen LogP contribution in [0.2, 0.25) is 0 Å². The maximum absolute atomic E-state index is 10.5. The van der Waals surface area contributed by atoms with Crippen molar-refractivity contribution in [2.75, 3.05) is 11.2 Å². The first kappa shape index (κ1) is 10.4. The smallest absolute Gasteiger partial charge is 0.316 e. The normalized spacial score (nSPS) is 8.64. The molecule has 0 radical (unpaired) electrons. The summed E-state index contributed by atoms with van der Waals surface area (Å²) in [5.41, 5.74) is 6.44. The Morgan fingerprint density at radius 3 is 2.57 bits per heavy atom.